The number of benzene rings is 1. The van der Waals surface area contributed by atoms with Crippen molar-refractivity contribution in [2.45, 2.75) is 6.54 Å². The van der Waals surface area contributed by atoms with Gasteiger partial charge >= 0.3 is 0 Å². The van der Waals surface area contributed by atoms with E-state index in [0.29, 0.717) is 12.2 Å². The van der Waals surface area contributed by atoms with Crippen molar-refractivity contribution >= 4 is 33.8 Å². The minimum Gasteiger partial charge on any atom is -0.374 e. The number of carbonyl (C=O) groups excluding carboxylic acids is 1. The predicted molar refractivity (Wildman–Crippen MR) is 85.5 cm³/mol. The van der Waals surface area contributed by atoms with E-state index in [4.69, 9.17) is 0 Å². The van der Waals surface area contributed by atoms with Crippen molar-refractivity contribution in [2.75, 3.05) is 24.7 Å². The van der Waals surface area contributed by atoms with Crippen molar-refractivity contribution in [1.82, 2.24) is 10.3 Å². The number of hydrogen-bond acceptors (Lipinski definition) is 7. The maximum Gasteiger partial charge on any atom is 0.293 e. The summed E-state index contributed by atoms with van der Waals surface area (Å²) >= 11 is 1.46. The van der Waals surface area contributed by atoms with Gasteiger partial charge in [0.05, 0.1) is 17.2 Å². The van der Waals surface area contributed by atoms with Crippen molar-refractivity contribution in [3.63, 3.8) is 0 Å². The minimum atomic E-state index is -0.519. The normalized spacial score (nSPS) is 10.1. The molecule has 8 nitrogen and oxygen atoms in total. The van der Waals surface area contributed by atoms with Gasteiger partial charge in [0.15, 0.2) is 5.13 Å². The Labute approximate surface area is 130 Å². The zero-order chi connectivity index (χ0) is 16.1. The van der Waals surface area contributed by atoms with E-state index in [9.17, 15) is 14.9 Å². The lowest BCUT2D eigenvalue weighted by atomic mass is 10.1. The van der Waals surface area contributed by atoms with Crippen molar-refractivity contribution in [1.29, 1.82) is 0 Å². The Kier molecular flexibility index (Phi) is 4.89. The highest BCUT2D eigenvalue weighted by atomic mass is 32.1. The molecule has 1 aromatic heterocycles. The van der Waals surface area contributed by atoms with E-state index < -0.39 is 4.92 Å². The predicted octanol–water partition coefficient (Wildman–Crippen LogP) is 2.06. The van der Waals surface area contributed by atoms with Crippen LogP contribution in [0.25, 0.3) is 0 Å². The van der Waals surface area contributed by atoms with Crippen LogP contribution in [0.5, 0.6) is 0 Å². The first-order valence-electron chi connectivity index (χ1n) is 6.41. The summed E-state index contributed by atoms with van der Waals surface area (Å²) in [7, 11) is 3.25. The lowest BCUT2D eigenvalue weighted by molar-refractivity contribution is -0.384. The van der Waals surface area contributed by atoms with E-state index >= 15 is 0 Å². The molecule has 0 radical (unpaired) electrons. The van der Waals surface area contributed by atoms with Crippen molar-refractivity contribution in [3.8, 4) is 0 Å². The molecule has 0 aliphatic heterocycles. The number of nitrogens with one attached hydrogen (secondary N) is 3. The number of thiazole rings is 1. The highest BCUT2D eigenvalue weighted by molar-refractivity contribution is 7.13. The van der Waals surface area contributed by atoms with E-state index in [1.54, 1.807) is 7.05 Å². The lowest BCUT2D eigenvalue weighted by Gasteiger charge is -2.07. The second kappa shape index (κ2) is 6.85. The molecule has 1 amide bonds. The first-order valence-corrected chi connectivity index (χ1v) is 7.29. The Morgan fingerprint density at radius 3 is 2.77 bits per heavy atom. The number of carbonyl (C=O) groups is 1. The SMILES string of the molecule is CNC(=O)c1ccc(NCc2csc(NC)n2)c([N+](=O)[O-])c1. The van der Waals surface area contributed by atoms with Gasteiger partial charge in [-0.25, -0.2) is 4.98 Å². The third kappa shape index (κ3) is 3.50. The zero-order valence-electron chi connectivity index (χ0n) is 12.0. The van der Waals surface area contributed by atoms with Crippen LogP contribution in [-0.4, -0.2) is 29.9 Å². The summed E-state index contributed by atoms with van der Waals surface area (Å²) < 4.78 is 0. The average molecular weight is 321 g/mol. The molecule has 9 heteroatoms. The second-order valence-corrected chi connectivity index (χ2v) is 5.17. The Balaban J connectivity index is 2.19. The fourth-order valence-corrected chi connectivity index (χ4v) is 2.48. The molecule has 3 N–H and O–H groups in total. The van der Waals surface area contributed by atoms with Gasteiger partial charge in [-0.2, -0.15) is 0 Å². The van der Waals surface area contributed by atoms with Crippen LogP contribution in [0.15, 0.2) is 23.6 Å². The molecule has 0 spiro atoms. The summed E-state index contributed by atoms with van der Waals surface area (Å²) in [5.41, 5.74) is 1.21. The number of rotatable bonds is 6. The van der Waals surface area contributed by atoms with E-state index in [0.717, 1.165) is 10.8 Å². The number of nitro benzene ring substituents is 1. The molecule has 2 rings (SSSR count). The third-order valence-corrected chi connectivity index (χ3v) is 3.82. The van der Waals surface area contributed by atoms with Crippen LogP contribution in [0.1, 0.15) is 16.1 Å². The first kappa shape index (κ1) is 15.7. The van der Waals surface area contributed by atoms with Crippen molar-refractivity contribution in [2.24, 2.45) is 0 Å². The van der Waals surface area contributed by atoms with Crippen LogP contribution in [0, 0.1) is 10.1 Å². The number of hydrogen-bond donors (Lipinski definition) is 3. The van der Waals surface area contributed by atoms with Crippen LogP contribution < -0.4 is 16.0 Å². The van der Waals surface area contributed by atoms with Gasteiger partial charge in [0, 0.05) is 31.1 Å². The largest absolute Gasteiger partial charge is 0.374 e. The number of nitro groups is 1. The Hall–Kier alpha value is -2.68. The van der Waals surface area contributed by atoms with Crippen molar-refractivity contribution in [3.05, 3.63) is 45.0 Å². The van der Waals surface area contributed by atoms with Crippen LogP contribution in [0.4, 0.5) is 16.5 Å². The Morgan fingerprint density at radius 2 is 2.18 bits per heavy atom. The van der Waals surface area contributed by atoms with Crippen LogP contribution in [-0.2, 0) is 6.54 Å². The van der Waals surface area contributed by atoms with E-state index in [1.165, 1.54) is 36.6 Å². The molecule has 0 bridgehead atoms. The summed E-state index contributed by atoms with van der Waals surface area (Å²) in [6, 6.07) is 4.31. The fourth-order valence-electron chi connectivity index (χ4n) is 1.81. The second-order valence-electron chi connectivity index (χ2n) is 4.32. The molecular formula is C13H15N5O3S. The molecule has 0 saturated carbocycles. The standard InChI is InChI=1S/C13H15N5O3S/c1-14-12(19)8-3-4-10(11(5-8)18(20)21)16-6-9-7-22-13(15-2)17-9/h3-5,7,16H,6H2,1-2H3,(H,14,19)(H,15,17). The molecule has 1 heterocycles. The monoisotopic (exact) mass is 321 g/mol. The highest BCUT2D eigenvalue weighted by Crippen LogP contribution is 2.26. The van der Waals surface area contributed by atoms with Crippen molar-refractivity contribution < 1.29 is 9.72 Å². The van der Waals surface area contributed by atoms with E-state index in [2.05, 4.69) is 20.9 Å². The molecule has 2 aromatic rings. The molecule has 0 atom stereocenters. The maximum absolute atomic E-state index is 11.5. The molecule has 22 heavy (non-hydrogen) atoms. The minimum absolute atomic E-state index is 0.148. The molecule has 0 unspecified atom stereocenters. The average Bonchev–Trinajstić information content (AvgIpc) is 3.00. The fraction of sp³-hybridized carbons (Fsp3) is 0.231. The van der Waals surface area contributed by atoms with Crippen LogP contribution >= 0.6 is 11.3 Å². The lowest BCUT2D eigenvalue weighted by Crippen LogP contribution is -2.18. The first-order chi connectivity index (χ1) is 10.5. The number of aromatic nitrogens is 1. The van der Waals surface area contributed by atoms with Gasteiger partial charge in [-0.05, 0) is 12.1 Å². The Bertz CT molecular complexity index is 701. The van der Waals surface area contributed by atoms with Crippen LogP contribution in [0.2, 0.25) is 0 Å². The molecule has 1 aromatic carbocycles. The number of amides is 1. The molecule has 0 saturated heterocycles. The Morgan fingerprint density at radius 1 is 1.41 bits per heavy atom. The summed E-state index contributed by atoms with van der Waals surface area (Å²) in [6.07, 6.45) is 0. The summed E-state index contributed by atoms with van der Waals surface area (Å²) in [5.74, 6) is -0.368. The van der Waals surface area contributed by atoms with Gasteiger partial charge in [0.2, 0.25) is 0 Å². The van der Waals surface area contributed by atoms with E-state index in [-0.39, 0.29) is 17.2 Å². The molecule has 0 fully saturated rings. The number of nitrogens with zero attached hydrogens (tertiary/aromatic N) is 2. The topological polar surface area (TPSA) is 109 Å². The van der Waals surface area contributed by atoms with Crippen LogP contribution in [0.3, 0.4) is 0 Å². The highest BCUT2D eigenvalue weighted by Gasteiger charge is 2.17. The number of anilines is 2. The molecule has 0 aliphatic rings. The van der Waals surface area contributed by atoms with Gasteiger partial charge in [0.1, 0.15) is 5.69 Å². The summed E-state index contributed by atoms with van der Waals surface area (Å²) in [4.78, 5) is 26.5. The molecule has 0 aliphatic carbocycles. The molecular weight excluding hydrogens is 306 g/mol. The smallest absolute Gasteiger partial charge is 0.293 e. The summed E-state index contributed by atoms with van der Waals surface area (Å²) in [6.45, 7) is 0.359. The van der Waals surface area contributed by atoms with Gasteiger partial charge in [-0.1, -0.05) is 0 Å². The van der Waals surface area contributed by atoms with Gasteiger partial charge in [0.25, 0.3) is 11.6 Å². The van der Waals surface area contributed by atoms with Gasteiger partial charge in [-0.15, -0.1) is 11.3 Å². The third-order valence-electron chi connectivity index (χ3n) is 2.91. The zero-order valence-corrected chi connectivity index (χ0v) is 12.9. The summed E-state index contributed by atoms with van der Waals surface area (Å²) in [5, 5.41) is 22.1. The van der Waals surface area contributed by atoms with E-state index in [1.807, 2.05) is 5.38 Å². The van der Waals surface area contributed by atoms with Gasteiger partial charge < -0.3 is 16.0 Å². The molecule has 116 valence electrons. The maximum atomic E-state index is 11.5. The quantitative estimate of drug-likeness (QED) is 0.555. The van der Waals surface area contributed by atoms with Gasteiger partial charge in [-0.3, -0.25) is 14.9 Å².